The summed E-state index contributed by atoms with van der Waals surface area (Å²) in [5.74, 6) is 0.111. The fourth-order valence-electron chi connectivity index (χ4n) is 2.32. The first kappa shape index (κ1) is 15.9. The Kier molecular flexibility index (Phi) is 5.58. The average Bonchev–Trinajstić information content (AvgIpc) is 2.48. The zero-order valence-corrected chi connectivity index (χ0v) is 14.4. The lowest BCUT2D eigenvalue weighted by molar-refractivity contribution is -0.132. The Morgan fingerprint density at radius 2 is 1.90 bits per heavy atom. The van der Waals surface area contributed by atoms with Gasteiger partial charge in [0.15, 0.2) is 0 Å². The third-order valence-electron chi connectivity index (χ3n) is 3.45. The average molecular weight is 380 g/mol. The maximum Gasteiger partial charge on any atom is 0.244 e. The van der Waals surface area contributed by atoms with Crippen LogP contribution in [0.1, 0.15) is 26.2 Å². The van der Waals surface area contributed by atoms with Crippen molar-refractivity contribution in [2.24, 2.45) is 0 Å². The monoisotopic (exact) mass is 378 g/mol. The van der Waals surface area contributed by atoms with Gasteiger partial charge >= 0.3 is 0 Å². The van der Waals surface area contributed by atoms with Crippen LogP contribution in [0.5, 0.6) is 0 Å². The molecule has 1 aromatic carbocycles. The second-order valence-corrected chi connectivity index (χ2v) is 6.59. The lowest BCUT2D eigenvalue weighted by Gasteiger charge is -2.30. The molecule has 1 unspecified atom stereocenters. The molecule has 1 aromatic rings. The van der Waals surface area contributed by atoms with Crippen LogP contribution >= 0.6 is 39.1 Å². The highest BCUT2D eigenvalue weighted by Gasteiger charge is 2.22. The van der Waals surface area contributed by atoms with Crippen molar-refractivity contribution >= 4 is 50.7 Å². The van der Waals surface area contributed by atoms with Crippen molar-refractivity contribution in [3.05, 3.63) is 26.7 Å². The summed E-state index contributed by atoms with van der Waals surface area (Å²) < 4.78 is 0.740. The van der Waals surface area contributed by atoms with Gasteiger partial charge in [0.2, 0.25) is 5.91 Å². The molecule has 0 bridgehead atoms. The summed E-state index contributed by atoms with van der Waals surface area (Å²) in [5.41, 5.74) is 0.678. The molecule has 2 rings (SSSR count). The van der Waals surface area contributed by atoms with E-state index in [1.54, 1.807) is 0 Å². The van der Waals surface area contributed by atoms with Gasteiger partial charge in [0, 0.05) is 17.6 Å². The van der Waals surface area contributed by atoms with Crippen LogP contribution in [0.25, 0.3) is 0 Å². The molecule has 0 saturated carbocycles. The van der Waals surface area contributed by atoms with Gasteiger partial charge in [-0.2, -0.15) is 0 Å². The molecule has 1 aliphatic heterocycles. The number of likely N-dealkylation sites (tertiary alicyclic amines) is 1. The minimum absolute atomic E-state index is 0.111. The van der Waals surface area contributed by atoms with Gasteiger partial charge in [0.25, 0.3) is 0 Å². The largest absolute Gasteiger partial charge is 0.373 e. The van der Waals surface area contributed by atoms with Crippen LogP contribution in [0.2, 0.25) is 10.0 Å². The van der Waals surface area contributed by atoms with Gasteiger partial charge in [-0.05, 0) is 54.2 Å². The Balaban J connectivity index is 2.05. The highest BCUT2D eigenvalue weighted by Crippen LogP contribution is 2.36. The molecule has 1 amide bonds. The standard InChI is InChI=1S/C14H17BrCl2N2O/c1-9(14(20)19-7-3-2-4-8-19)18-11-6-5-10(15)12(16)13(11)17/h5-6,9,18H,2-4,7-8H2,1H3. The lowest BCUT2D eigenvalue weighted by atomic mass is 10.1. The molecule has 0 aliphatic carbocycles. The summed E-state index contributed by atoms with van der Waals surface area (Å²) in [7, 11) is 0. The van der Waals surface area contributed by atoms with E-state index in [0.717, 1.165) is 30.4 Å². The number of anilines is 1. The van der Waals surface area contributed by atoms with Gasteiger partial charge in [-0.25, -0.2) is 0 Å². The van der Waals surface area contributed by atoms with Crippen LogP contribution < -0.4 is 5.32 Å². The van der Waals surface area contributed by atoms with Gasteiger partial charge in [-0.15, -0.1) is 0 Å². The van der Waals surface area contributed by atoms with Crippen molar-refractivity contribution in [1.82, 2.24) is 4.90 Å². The van der Waals surface area contributed by atoms with Crippen LogP contribution in [0.3, 0.4) is 0 Å². The number of amides is 1. The molecule has 1 saturated heterocycles. The minimum Gasteiger partial charge on any atom is -0.373 e. The summed E-state index contributed by atoms with van der Waals surface area (Å²) in [6, 6.07) is 3.32. The molecule has 1 fully saturated rings. The summed E-state index contributed by atoms with van der Waals surface area (Å²) in [6.07, 6.45) is 3.38. The van der Waals surface area contributed by atoms with E-state index in [1.807, 2.05) is 24.0 Å². The van der Waals surface area contributed by atoms with E-state index in [9.17, 15) is 4.79 Å². The maximum atomic E-state index is 12.3. The van der Waals surface area contributed by atoms with Crippen molar-refractivity contribution < 1.29 is 4.79 Å². The van der Waals surface area contributed by atoms with E-state index in [2.05, 4.69) is 21.2 Å². The fourth-order valence-corrected chi connectivity index (χ4v) is 3.15. The zero-order valence-electron chi connectivity index (χ0n) is 11.3. The van der Waals surface area contributed by atoms with Crippen LogP contribution in [0, 0.1) is 0 Å². The molecule has 0 aromatic heterocycles. The zero-order chi connectivity index (χ0) is 14.7. The second kappa shape index (κ2) is 7.01. The Labute approximate surface area is 137 Å². The maximum absolute atomic E-state index is 12.3. The minimum atomic E-state index is -0.317. The van der Waals surface area contributed by atoms with Gasteiger partial charge in [-0.1, -0.05) is 23.2 Å². The first-order valence-corrected chi connectivity index (χ1v) is 8.24. The van der Waals surface area contributed by atoms with Crippen LogP contribution in [-0.4, -0.2) is 29.9 Å². The molecule has 1 aliphatic rings. The number of benzene rings is 1. The summed E-state index contributed by atoms with van der Waals surface area (Å²) in [5, 5.41) is 4.03. The molecular formula is C14H17BrCl2N2O. The molecule has 1 atom stereocenters. The first-order valence-electron chi connectivity index (χ1n) is 6.69. The topological polar surface area (TPSA) is 32.3 Å². The highest BCUT2D eigenvalue weighted by atomic mass is 79.9. The van der Waals surface area contributed by atoms with E-state index in [0.29, 0.717) is 15.7 Å². The molecule has 6 heteroatoms. The normalized spacial score (nSPS) is 16.9. The Morgan fingerprint density at radius 3 is 2.55 bits per heavy atom. The second-order valence-electron chi connectivity index (χ2n) is 4.97. The number of carbonyl (C=O) groups is 1. The predicted molar refractivity (Wildman–Crippen MR) is 87.7 cm³/mol. The number of rotatable bonds is 3. The van der Waals surface area contributed by atoms with Gasteiger partial charge in [0.1, 0.15) is 6.04 Å². The summed E-state index contributed by atoms with van der Waals surface area (Å²) in [4.78, 5) is 14.3. The number of piperidine rings is 1. The van der Waals surface area contributed by atoms with E-state index in [4.69, 9.17) is 23.2 Å². The first-order chi connectivity index (χ1) is 9.50. The molecule has 20 heavy (non-hydrogen) atoms. The van der Waals surface area contributed by atoms with Crippen molar-refractivity contribution in [2.45, 2.75) is 32.2 Å². The Bertz CT molecular complexity index is 504. The Morgan fingerprint density at radius 1 is 1.25 bits per heavy atom. The van der Waals surface area contributed by atoms with Gasteiger partial charge in [0.05, 0.1) is 15.7 Å². The fraction of sp³-hybridized carbons (Fsp3) is 0.500. The molecule has 3 nitrogen and oxygen atoms in total. The SMILES string of the molecule is CC(Nc1ccc(Br)c(Cl)c1Cl)C(=O)N1CCCCC1. The molecular weight excluding hydrogens is 363 g/mol. The summed E-state index contributed by atoms with van der Waals surface area (Å²) in [6.45, 7) is 3.54. The van der Waals surface area contributed by atoms with Crippen LogP contribution in [0.4, 0.5) is 5.69 Å². The molecule has 1 N–H and O–H groups in total. The molecule has 0 spiro atoms. The number of hydrogen-bond acceptors (Lipinski definition) is 2. The van der Waals surface area contributed by atoms with Crippen molar-refractivity contribution in [3.8, 4) is 0 Å². The number of hydrogen-bond donors (Lipinski definition) is 1. The van der Waals surface area contributed by atoms with Gasteiger partial charge in [-0.3, -0.25) is 4.79 Å². The number of carbonyl (C=O) groups excluding carboxylic acids is 1. The number of nitrogens with zero attached hydrogens (tertiary/aromatic N) is 1. The van der Waals surface area contributed by atoms with Crippen molar-refractivity contribution in [1.29, 1.82) is 0 Å². The third kappa shape index (κ3) is 3.60. The van der Waals surface area contributed by atoms with Crippen molar-refractivity contribution in [2.75, 3.05) is 18.4 Å². The van der Waals surface area contributed by atoms with Gasteiger partial charge < -0.3 is 10.2 Å². The van der Waals surface area contributed by atoms with E-state index in [1.165, 1.54) is 6.42 Å². The smallest absolute Gasteiger partial charge is 0.244 e. The lowest BCUT2D eigenvalue weighted by Crippen LogP contribution is -2.43. The van der Waals surface area contributed by atoms with E-state index < -0.39 is 0 Å². The van der Waals surface area contributed by atoms with E-state index in [-0.39, 0.29) is 11.9 Å². The van der Waals surface area contributed by atoms with Crippen LogP contribution in [0.15, 0.2) is 16.6 Å². The van der Waals surface area contributed by atoms with E-state index >= 15 is 0 Å². The highest BCUT2D eigenvalue weighted by molar-refractivity contribution is 9.10. The molecule has 1 heterocycles. The quantitative estimate of drug-likeness (QED) is 0.780. The third-order valence-corrected chi connectivity index (χ3v) is 5.22. The van der Waals surface area contributed by atoms with Crippen molar-refractivity contribution in [3.63, 3.8) is 0 Å². The Hall–Kier alpha value is -0.450. The number of nitrogens with one attached hydrogen (secondary N) is 1. The molecule has 110 valence electrons. The summed E-state index contributed by atoms with van der Waals surface area (Å²) >= 11 is 15.6. The number of halogens is 3. The van der Waals surface area contributed by atoms with Crippen LogP contribution in [-0.2, 0) is 4.79 Å². The predicted octanol–water partition coefficient (Wildman–Crippen LogP) is 4.57. The molecule has 0 radical (unpaired) electrons.